The quantitative estimate of drug-likeness (QED) is 0.711. The summed E-state index contributed by atoms with van der Waals surface area (Å²) in [6.45, 7) is 6.20. The van der Waals surface area contributed by atoms with E-state index in [9.17, 15) is 23.6 Å². The van der Waals surface area contributed by atoms with E-state index >= 15 is 0 Å². The third-order valence-corrected chi connectivity index (χ3v) is 5.67. The first-order chi connectivity index (χ1) is 15.0. The van der Waals surface area contributed by atoms with E-state index in [4.69, 9.17) is 9.47 Å². The number of carbonyl (C=O) groups is 4. The van der Waals surface area contributed by atoms with Gasteiger partial charge in [0.05, 0.1) is 6.54 Å². The number of hydrogen-bond donors (Lipinski definition) is 1. The number of rotatable bonds is 3. The molecule has 0 radical (unpaired) electrons. The predicted molar refractivity (Wildman–Crippen MR) is 109 cm³/mol. The predicted octanol–water partition coefficient (Wildman–Crippen LogP) is 1.97. The molecule has 4 amide bonds. The molecule has 4 rings (SSSR count). The van der Waals surface area contributed by atoms with Crippen molar-refractivity contribution in [1.82, 2.24) is 15.1 Å². The molecule has 10 heteroatoms. The summed E-state index contributed by atoms with van der Waals surface area (Å²) in [6, 6.07) is 1.83. The maximum Gasteiger partial charge on any atom is 0.410 e. The van der Waals surface area contributed by atoms with Crippen molar-refractivity contribution < 1.29 is 33.0 Å². The zero-order valence-electron chi connectivity index (χ0n) is 18.3. The molecule has 0 bridgehead atoms. The highest BCUT2D eigenvalue weighted by Crippen LogP contribution is 2.33. The van der Waals surface area contributed by atoms with Gasteiger partial charge in [0.15, 0.2) is 11.6 Å². The Morgan fingerprint density at radius 2 is 1.94 bits per heavy atom. The van der Waals surface area contributed by atoms with Crippen molar-refractivity contribution in [2.75, 3.05) is 13.1 Å². The van der Waals surface area contributed by atoms with Crippen LogP contribution in [0.25, 0.3) is 0 Å². The van der Waals surface area contributed by atoms with Gasteiger partial charge in [0.25, 0.3) is 5.91 Å². The second-order valence-electron chi connectivity index (χ2n) is 9.29. The lowest BCUT2D eigenvalue weighted by molar-refractivity contribution is -0.136. The number of ether oxygens (including phenoxy) is 2. The van der Waals surface area contributed by atoms with Crippen molar-refractivity contribution in [3.63, 3.8) is 0 Å². The van der Waals surface area contributed by atoms with Crippen LogP contribution in [0.4, 0.5) is 9.18 Å². The van der Waals surface area contributed by atoms with Crippen LogP contribution in [0.15, 0.2) is 12.1 Å². The van der Waals surface area contributed by atoms with Gasteiger partial charge in [-0.2, -0.15) is 0 Å². The Morgan fingerprint density at radius 3 is 2.62 bits per heavy atom. The van der Waals surface area contributed by atoms with Crippen LogP contribution in [0.5, 0.6) is 5.75 Å². The van der Waals surface area contributed by atoms with E-state index in [2.05, 4.69) is 5.32 Å². The molecule has 3 aliphatic rings. The van der Waals surface area contributed by atoms with Crippen LogP contribution >= 0.6 is 0 Å². The van der Waals surface area contributed by atoms with Crippen molar-refractivity contribution >= 4 is 23.8 Å². The minimum Gasteiger partial charge on any atom is -0.485 e. The average Bonchev–Trinajstić information content (AvgIpc) is 3.27. The second-order valence-corrected chi connectivity index (χ2v) is 9.29. The van der Waals surface area contributed by atoms with Gasteiger partial charge in [0, 0.05) is 31.5 Å². The van der Waals surface area contributed by atoms with Crippen molar-refractivity contribution in [2.24, 2.45) is 0 Å². The summed E-state index contributed by atoms with van der Waals surface area (Å²) in [7, 11) is 0. The number of nitrogens with one attached hydrogen (secondary N) is 1. The largest absolute Gasteiger partial charge is 0.485 e. The molecule has 0 aromatic heterocycles. The number of benzene rings is 1. The summed E-state index contributed by atoms with van der Waals surface area (Å²) >= 11 is 0. The molecule has 9 nitrogen and oxygen atoms in total. The van der Waals surface area contributed by atoms with Gasteiger partial charge in [-0.15, -0.1) is 0 Å². The molecular formula is C22H26FN3O6. The Morgan fingerprint density at radius 1 is 1.19 bits per heavy atom. The molecule has 2 atom stereocenters. The number of nitrogens with zero attached hydrogens (tertiary/aromatic N) is 2. The third kappa shape index (κ3) is 4.39. The fourth-order valence-corrected chi connectivity index (χ4v) is 4.15. The van der Waals surface area contributed by atoms with E-state index in [1.54, 1.807) is 20.8 Å². The van der Waals surface area contributed by atoms with Gasteiger partial charge < -0.3 is 19.3 Å². The lowest BCUT2D eigenvalue weighted by Crippen LogP contribution is -2.52. The first kappa shape index (κ1) is 22.0. The van der Waals surface area contributed by atoms with Crippen LogP contribution in [0.2, 0.25) is 0 Å². The summed E-state index contributed by atoms with van der Waals surface area (Å²) in [5.74, 6) is -2.02. The minimum absolute atomic E-state index is 0.00212. The van der Waals surface area contributed by atoms with Crippen LogP contribution in [0, 0.1) is 5.82 Å². The van der Waals surface area contributed by atoms with Crippen molar-refractivity contribution in [3.8, 4) is 5.75 Å². The van der Waals surface area contributed by atoms with Gasteiger partial charge in [0.2, 0.25) is 11.8 Å². The molecule has 0 aliphatic carbocycles. The standard InChI is InChI=1S/C22H26FN3O6/c1-22(2,3)32-21(30)25-7-6-13(11-25)31-17-8-12-10-26(20(29)14(12)9-15(17)23)16-4-5-18(27)24-19(16)28/h8-9,13,16H,4-7,10-11H2,1-3H3,(H,24,27,28)/t13-,16?/m0/s1. The van der Waals surface area contributed by atoms with E-state index in [0.29, 0.717) is 18.5 Å². The molecule has 2 saturated heterocycles. The fraction of sp³-hybridized carbons (Fsp3) is 0.545. The smallest absolute Gasteiger partial charge is 0.410 e. The number of imide groups is 1. The van der Waals surface area contributed by atoms with Gasteiger partial charge in [-0.1, -0.05) is 0 Å². The average molecular weight is 447 g/mol. The summed E-state index contributed by atoms with van der Waals surface area (Å²) in [4.78, 5) is 51.4. The molecule has 0 saturated carbocycles. The minimum atomic E-state index is -0.766. The van der Waals surface area contributed by atoms with Crippen LogP contribution in [-0.2, 0) is 20.9 Å². The number of piperidine rings is 1. The second kappa shape index (κ2) is 8.07. The topological polar surface area (TPSA) is 105 Å². The Kier molecular flexibility index (Phi) is 5.56. The molecule has 2 fully saturated rings. The molecule has 1 N–H and O–H groups in total. The van der Waals surface area contributed by atoms with E-state index in [1.807, 2.05) is 0 Å². The van der Waals surface area contributed by atoms with Gasteiger partial charge in [0.1, 0.15) is 17.7 Å². The van der Waals surface area contributed by atoms with Gasteiger partial charge in [-0.25, -0.2) is 9.18 Å². The Labute approximate surface area is 184 Å². The highest BCUT2D eigenvalue weighted by Gasteiger charge is 2.40. The lowest BCUT2D eigenvalue weighted by Gasteiger charge is -2.29. The number of likely N-dealkylation sites (tertiary alicyclic amines) is 1. The number of fused-ring (bicyclic) bond motifs is 1. The van der Waals surface area contributed by atoms with E-state index in [1.165, 1.54) is 15.9 Å². The number of halogens is 1. The third-order valence-electron chi connectivity index (χ3n) is 5.67. The van der Waals surface area contributed by atoms with E-state index in [0.717, 1.165) is 6.07 Å². The number of carbonyl (C=O) groups excluding carboxylic acids is 4. The fourth-order valence-electron chi connectivity index (χ4n) is 4.15. The number of amides is 4. The molecule has 0 spiro atoms. The van der Waals surface area contributed by atoms with Crippen LogP contribution in [-0.4, -0.2) is 64.5 Å². The van der Waals surface area contributed by atoms with Gasteiger partial charge in [-0.3, -0.25) is 19.7 Å². The zero-order chi connectivity index (χ0) is 23.2. The highest BCUT2D eigenvalue weighted by atomic mass is 19.1. The Hall–Kier alpha value is -3.17. The molecule has 1 aromatic carbocycles. The van der Waals surface area contributed by atoms with Crippen molar-refractivity contribution in [2.45, 2.75) is 64.3 Å². The lowest BCUT2D eigenvalue weighted by atomic mass is 10.0. The van der Waals surface area contributed by atoms with Crippen LogP contribution in [0.1, 0.15) is 56.0 Å². The molecule has 3 aliphatic heterocycles. The summed E-state index contributed by atoms with van der Waals surface area (Å²) in [5.41, 5.74) is 0.128. The molecule has 1 unspecified atom stereocenters. The van der Waals surface area contributed by atoms with Gasteiger partial charge >= 0.3 is 6.09 Å². The van der Waals surface area contributed by atoms with E-state index in [-0.39, 0.29) is 43.2 Å². The zero-order valence-corrected chi connectivity index (χ0v) is 18.3. The summed E-state index contributed by atoms with van der Waals surface area (Å²) < 4.78 is 25.9. The number of hydrogen-bond acceptors (Lipinski definition) is 6. The maximum absolute atomic E-state index is 14.7. The van der Waals surface area contributed by atoms with Gasteiger partial charge in [-0.05, 0) is 44.9 Å². The summed E-state index contributed by atoms with van der Waals surface area (Å²) in [5, 5.41) is 2.24. The Balaban J connectivity index is 1.43. The summed E-state index contributed by atoms with van der Waals surface area (Å²) in [6.07, 6.45) is 0.0623. The normalized spacial score (nSPS) is 23.3. The van der Waals surface area contributed by atoms with E-state index < -0.39 is 41.5 Å². The SMILES string of the molecule is CC(C)(C)OC(=O)N1CC[C@H](Oc2cc3c(cc2F)C(=O)N(C2CCC(=O)NC2=O)C3)C1. The molecule has 172 valence electrons. The van der Waals surface area contributed by atoms with Crippen molar-refractivity contribution in [3.05, 3.63) is 29.1 Å². The molecule has 3 heterocycles. The Bertz CT molecular complexity index is 989. The molecule has 1 aromatic rings. The first-order valence-electron chi connectivity index (χ1n) is 10.6. The molecular weight excluding hydrogens is 421 g/mol. The highest BCUT2D eigenvalue weighted by molar-refractivity contribution is 6.05. The van der Waals surface area contributed by atoms with Crippen LogP contribution in [0.3, 0.4) is 0 Å². The maximum atomic E-state index is 14.7. The monoisotopic (exact) mass is 447 g/mol. The molecule has 32 heavy (non-hydrogen) atoms. The first-order valence-corrected chi connectivity index (χ1v) is 10.6. The van der Waals surface area contributed by atoms with Crippen molar-refractivity contribution in [1.29, 1.82) is 0 Å². The van der Waals surface area contributed by atoms with Crippen LogP contribution < -0.4 is 10.1 Å².